The zero-order chi connectivity index (χ0) is 18.7. The van der Waals surface area contributed by atoms with Gasteiger partial charge in [0.15, 0.2) is 9.84 Å². The zero-order valence-electron chi connectivity index (χ0n) is 14.7. The van der Waals surface area contributed by atoms with Crippen molar-refractivity contribution in [2.45, 2.75) is 25.3 Å². The van der Waals surface area contributed by atoms with Gasteiger partial charge in [-0.2, -0.15) is 4.98 Å². The van der Waals surface area contributed by atoms with Gasteiger partial charge in [-0.15, -0.1) is 0 Å². The van der Waals surface area contributed by atoms with E-state index < -0.39 is 9.84 Å². The molecule has 2 aromatic rings. The zero-order valence-corrected chi connectivity index (χ0v) is 15.5. The Bertz CT molecular complexity index is 876. The topological polar surface area (TPSA) is 103 Å². The molecule has 1 unspecified atom stereocenters. The Labute approximate surface area is 152 Å². The van der Waals surface area contributed by atoms with E-state index in [0.29, 0.717) is 24.6 Å². The molecular formula is C17H21N3O5S. The number of aryl methyl sites for hydroxylation is 1. The highest BCUT2D eigenvalue weighted by Crippen LogP contribution is 2.21. The SMILES string of the molecule is COc1ccc(-c2noc(CCC(=O)N(C)C3CCS(=O)(=O)C3)n2)cc1. The summed E-state index contributed by atoms with van der Waals surface area (Å²) in [5, 5.41) is 3.93. The molecule has 1 aliphatic heterocycles. The molecule has 1 amide bonds. The Kier molecular flexibility index (Phi) is 5.26. The van der Waals surface area contributed by atoms with Crippen LogP contribution in [0.15, 0.2) is 28.8 Å². The Hall–Kier alpha value is -2.42. The largest absolute Gasteiger partial charge is 0.497 e. The van der Waals surface area contributed by atoms with Crippen molar-refractivity contribution in [2.75, 3.05) is 25.7 Å². The van der Waals surface area contributed by atoms with Crippen LogP contribution < -0.4 is 4.74 Å². The fourth-order valence-corrected chi connectivity index (χ4v) is 4.66. The molecule has 1 aliphatic rings. The summed E-state index contributed by atoms with van der Waals surface area (Å²) in [6, 6.07) is 7.02. The van der Waals surface area contributed by atoms with E-state index in [2.05, 4.69) is 10.1 Å². The molecule has 0 aliphatic carbocycles. The van der Waals surface area contributed by atoms with Gasteiger partial charge in [-0.25, -0.2) is 8.42 Å². The number of ether oxygens (including phenoxy) is 1. The molecule has 0 saturated carbocycles. The number of amides is 1. The van der Waals surface area contributed by atoms with Crippen molar-refractivity contribution in [2.24, 2.45) is 0 Å². The quantitative estimate of drug-likeness (QED) is 0.746. The van der Waals surface area contributed by atoms with Gasteiger partial charge in [-0.05, 0) is 30.7 Å². The molecule has 8 nitrogen and oxygen atoms in total. The van der Waals surface area contributed by atoms with E-state index in [4.69, 9.17) is 9.26 Å². The number of hydrogen-bond donors (Lipinski definition) is 0. The summed E-state index contributed by atoms with van der Waals surface area (Å²) in [6.45, 7) is 0. The number of carbonyl (C=O) groups excluding carboxylic acids is 1. The van der Waals surface area contributed by atoms with E-state index in [1.807, 2.05) is 12.1 Å². The van der Waals surface area contributed by atoms with E-state index in [9.17, 15) is 13.2 Å². The molecule has 1 saturated heterocycles. The van der Waals surface area contributed by atoms with Crippen molar-refractivity contribution in [1.82, 2.24) is 15.0 Å². The summed E-state index contributed by atoms with van der Waals surface area (Å²) in [6.07, 6.45) is 0.996. The molecule has 1 atom stereocenters. The lowest BCUT2D eigenvalue weighted by atomic mass is 10.2. The Morgan fingerprint density at radius 1 is 1.35 bits per heavy atom. The second-order valence-electron chi connectivity index (χ2n) is 6.30. The van der Waals surface area contributed by atoms with Crippen molar-refractivity contribution >= 4 is 15.7 Å². The number of hydrogen-bond acceptors (Lipinski definition) is 7. The predicted octanol–water partition coefficient (Wildman–Crippen LogP) is 1.32. The number of aromatic nitrogens is 2. The number of sulfone groups is 1. The first-order chi connectivity index (χ1) is 12.4. The number of rotatable bonds is 6. The highest BCUT2D eigenvalue weighted by molar-refractivity contribution is 7.91. The summed E-state index contributed by atoms with van der Waals surface area (Å²) >= 11 is 0. The van der Waals surface area contributed by atoms with Crippen LogP contribution in [0, 0.1) is 0 Å². The number of carbonyl (C=O) groups is 1. The molecule has 0 N–H and O–H groups in total. The van der Waals surface area contributed by atoms with Gasteiger partial charge >= 0.3 is 0 Å². The van der Waals surface area contributed by atoms with Crippen LogP contribution in [0.5, 0.6) is 5.75 Å². The van der Waals surface area contributed by atoms with Gasteiger partial charge in [-0.1, -0.05) is 5.16 Å². The third kappa shape index (κ3) is 4.21. The lowest BCUT2D eigenvalue weighted by Crippen LogP contribution is -2.37. The first-order valence-electron chi connectivity index (χ1n) is 8.31. The third-order valence-corrected chi connectivity index (χ3v) is 6.27. The summed E-state index contributed by atoms with van der Waals surface area (Å²) < 4.78 is 33.4. The van der Waals surface area contributed by atoms with E-state index in [1.54, 1.807) is 26.3 Å². The molecule has 26 heavy (non-hydrogen) atoms. The highest BCUT2D eigenvalue weighted by atomic mass is 32.2. The molecule has 0 spiro atoms. The molecule has 0 bridgehead atoms. The maximum atomic E-state index is 12.3. The molecule has 1 fully saturated rings. The molecule has 0 radical (unpaired) electrons. The monoisotopic (exact) mass is 379 g/mol. The smallest absolute Gasteiger partial charge is 0.227 e. The van der Waals surface area contributed by atoms with Gasteiger partial charge in [-0.3, -0.25) is 4.79 Å². The Balaban J connectivity index is 1.56. The van der Waals surface area contributed by atoms with E-state index in [-0.39, 0.29) is 29.9 Å². The van der Waals surface area contributed by atoms with Crippen LogP contribution in [0.25, 0.3) is 11.4 Å². The summed E-state index contributed by atoms with van der Waals surface area (Å²) in [5.41, 5.74) is 0.792. The van der Waals surface area contributed by atoms with Crippen molar-refractivity contribution < 1.29 is 22.5 Å². The molecule has 3 rings (SSSR count). The molecule has 9 heteroatoms. The van der Waals surface area contributed by atoms with E-state index in [0.717, 1.165) is 11.3 Å². The summed E-state index contributed by atoms with van der Waals surface area (Å²) in [5.74, 6) is 1.61. The van der Waals surface area contributed by atoms with Crippen molar-refractivity contribution in [3.05, 3.63) is 30.2 Å². The van der Waals surface area contributed by atoms with Gasteiger partial charge in [0.1, 0.15) is 5.75 Å². The maximum Gasteiger partial charge on any atom is 0.227 e. The van der Waals surface area contributed by atoms with Gasteiger partial charge in [0.2, 0.25) is 17.6 Å². The lowest BCUT2D eigenvalue weighted by Gasteiger charge is -2.23. The van der Waals surface area contributed by atoms with Crippen molar-refractivity contribution in [1.29, 1.82) is 0 Å². The van der Waals surface area contributed by atoms with Gasteiger partial charge in [0.05, 0.1) is 18.6 Å². The Morgan fingerprint density at radius 2 is 2.08 bits per heavy atom. The van der Waals surface area contributed by atoms with E-state index >= 15 is 0 Å². The molecule has 1 aromatic heterocycles. The Morgan fingerprint density at radius 3 is 2.69 bits per heavy atom. The molecule has 140 valence electrons. The fourth-order valence-electron chi connectivity index (χ4n) is 2.89. The summed E-state index contributed by atoms with van der Waals surface area (Å²) in [7, 11) is 0.220. The normalized spacial score (nSPS) is 18.6. The highest BCUT2D eigenvalue weighted by Gasteiger charge is 2.32. The van der Waals surface area contributed by atoms with Crippen molar-refractivity contribution in [3.8, 4) is 17.1 Å². The van der Waals surface area contributed by atoms with Crippen LogP contribution in [0.2, 0.25) is 0 Å². The predicted molar refractivity (Wildman–Crippen MR) is 94.4 cm³/mol. The average molecular weight is 379 g/mol. The lowest BCUT2D eigenvalue weighted by molar-refractivity contribution is -0.131. The second kappa shape index (κ2) is 7.45. The van der Waals surface area contributed by atoms with Gasteiger partial charge in [0.25, 0.3) is 0 Å². The number of methoxy groups -OCH3 is 1. The van der Waals surface area contributed by atoms with Crippen molar-refractivity contribution in [3.63, 3.8) is 0 Å². The third-order valence-electron chi connectivity index (χ3n) is 4.52. The summed E-state index contributed by atoms with van der Waals surface area (Å²) in [4.78, 5) is 18.1. The minimum Gasteiger partial charge on any atom is -0.497 e. The van der Waals surface area contributed by atoms with Gasteiger partial charge < -0.3 is 14.2 Å². The van der Waals surface area contributed by atoms with Gasteiger partial charge in [0, 0.05) is 31.5 Å². The van der Waals surface area contributed by atoms with Crippen LogP contribution in [-0.4, -0.2) is 61.1 Å². The molecular weight excluding hydrogens is 358 g/mol. The first-order valence-corrected chi connectivity index (χ1v) is 10.1. The van der Waals surface area contributed by atoms with E-state index in [1.165, 1.54) is 4.90 Å². The van der Waals surface area contributed by atoms with Crippen LogP contribution in [0.4, 0.5) is 0 Å². The minimum atomic E-state index is -3.02. The number of nitrogens with zero attached hydrogens (tertiary/aromatic N) is 3. The standard InChI is InChI=1S/C17H21N3O5S/c1-20(13-9-10-26(22,23)11-13)16(21)8-7-15-18-17(19-25-15)12-3-5-14(24-2)6-4-12/h3-6,13H,7-11H2,1-2H3. The minimum absolute atomic E-state index is 0.0391. The van der Waals surface area contributed by atoms with Crippen LogP contribution in [0.3, 0.4) is 0 Å². The van der Waals surface area contributed by atoms with Crippen LogP contribution >= 0.6 is 0 Å². The number of benzene rings is 1. The first kappa shape index (κ1) is 18.4. The second-order valence-corrected chi connectivity index (χ2v) is 8.53. The van der Waals surface area contributed by atoms with Crippen LogP contribution in [0.1, 0.15) is 18.7 Å². The molecule has 2 heterocycles. The maximum absolute atomic E-state index is 12.3. The molecule has 1 aromatic carbocycles. The van der Waals surface area contributed by atoms with Crippen LogP contribution in [-0.2, 0) is 21.1 Å². The average Bonchev–Trinajstić information content (AvgIpc) is 3.25. The fraction of sp³-hybridized carbons (Fsp3) is 0.471.